The van der Waals surface area contributed by atoms with Gasteiger partial charge in [-0.1, -0.05) is 24.3 Å². The van der Waals surface area contributed by atoms with Gasteiger partial charge >= 0.3 is 6.03 Å². The maximum atomic E-state index is 13.4. The highest BCUT2D eigenvalue weighted by molar-refractivity contribution is 5.85. The van der Waals surface area contributed by atoms with Gasteiger partial charge in [0.1, 0.15) is 6.54 Å². The second-order valence-corrected chi connectivity index (χ2v) is 7.87. The molecule has 0 bridgehead atoms. The van der Waals surface area contributed by atoms with Gasteiger partial charge in [-0.05, 0) is 44.0 Å². The number of nitrogens with zero attached hydrogens (tertiary/aromatic N) is 4. The Morgan fingerprint density at radius 1 is 1.11 bits per heavy atom. The largest absolute Gasteiger partial charge is 0.348 e. The second kappa shape index (κ2) is 8.09. The summed E-state index contributed by atoms with van der Waals surface area (Å²) in [4.78, 5) is 31.0. The molecule has 0 fully saturated rings. The first kappa shape index (κ1) is 20.0. The Hall–Kier alpha value is -2.76. The summed E-state index contributed by atoms with van der Waals surface area (Å²) >= 11 is 0. The fraction of sp³-hybridized carbons (Fsp3) is 0.455. The molecule has 0 radical (unpaired) electrons. The maximum absolute atomic E-state index is 13.4. The zero-order valence-electron chi connectivity index (χ0n) is 17.4. The standard InChI is InChI=1S/C22H30N4O2/c1-16(2)26(22(28)23(4)5)15-20(27)25-14-13-24-12-8-11-19(24)21(25)18-10-7-6-9-17(18)3/h6-12,16,21H,13-15H2,1-5H3. The van der Waals surface area contributed by atoms with E-state index in [1.54, 1.807) is 19.0 Å². The molecule has 0 saturated heterocycles. The minimum absolute atomic E-state index is 0.0235. The molecule has 1 aromatic carbocycles. The summed E-state index contributed by atoms with van der Waals surface area (Å²) in [7, 11) is 3.43. The molecule has 2 heterocycles. The van der Waals surface area contributed by atoms with Gasteiger partial charge in [0, 0.05) is 45.1 Å². The van der Waals surface area contributed by atoms with Gasteiger partial charge in [0.25, 0.3) is 0 Å². The minimum atomic E-state index is -0.142. The van der Waals surface area contributed by atoms with Crippen molar-refractivity contribution in [2.75, 3.05) is 27.2 Å². The Morgan fingerprint density at radius 3 is 2.46 bits per heavy atom. The molecule has 6 nitrogen and oxygen atoms in total. The monoisotopic (exact) mass is 382 g/mol. The van der Waals surface area contributed by atoms with Gasteiger partial charge in [-0.25, -0.2) is 4.79 Å². The van der Waals surface area contributed by atoms with Crippen LogP contribution in [-0.4, -0.2) is 64.4 Å². The van der Waals surface area contributed by atoms with E-state index in [0.717, 1.165) is 23.4 Å². The maximum Gasteiger partial charge on any atom is 0.320 e. The highest BCUT2D eigenvalue weighted by Crippen LogP contribution is 2.34. The van der Waals surface area contributed by atoms with Gasteiger partial charge in [-0.15, -0.1) is 0 Å². The highest BCUT2D eigenvalue weighted by Gasteiger charge is 2.34. The Morgan fingerprint density at radius 2 is 1.82 bits per heavy atom. The Bertz CT molecular complexity index is 856. The van der Waals surface area contributed by atoms with Crippen molar-refractivity contribution in [3.05, 3.63) is 59.4 Å². The summed E-state index contributed by atoms with van der Waals surface area (Å²) in [5, 5.41) is 0. The lowest BCUT2D eigenvalue weighted by atomic mass is 9.95. The van der Waals surface area contributed by atoms with Crippen LogP contribution in [0.15, 0.2) is 42.6 Å². The summed E-state index contributed by atoms with van der Waals surface area (Å²) in [6.45, 7) is 7.43. The zero-order chi connectivity index (χ0) is 20.4. The normalized spacial score (nSPS) is 16.1. The topological polar surface area (TPSA) is 48.8 Å². The van der Waals surface area contributed by atoms with Crippen LogP contribution in [0.3, 0.4) is 0 Å². The van der Waals surface area contributed by atoms with Crippen LogP contribution in [0.2, 0.25) is 0 Å². The van der Waals surface area contributed by atoms with Gasteiger partial charge in [-0.3, -0.25) is 4.79 Å². The number of benzene rings is 1. The molecule has 1 unspecified atom stereocenters. The van der Waals surface area contributed by atoms with E-state index in [2.05, 4.69) is 35.9 Å². The minimum Gasteiger partial charge on any atom is -0.348 e. The lowest BCUT2D eigenvalue weighted by Crippen LogP contribution is -2.51. The average Bonchev–Trinajstić information content (AvgIpc) is 3.13. The lowest BCUT2D eigenvalue weighted by molar-refractivity contribution is -0.135. The molecule has 0 saturated carbocycles. The van der Waals surface area contributed by atoms with E-state index < -0.39 is 0 Å². The number of aryl methyl sites for hydroxylation is 1. The molecule has 0 N–H and O–H groups in total. The van der Waals surface area contributed by atoms with Crippen molar-refractivity contribution >= 4 is 11.9 Å². The number of carbonyl (C=O) groups is 2. The third-order valence-corrected chi connectivity index (χ3v) is 5.40. The quantitative estimate of drug-likeness (QED) is 0.816. The van der Waals surface area contributed by atoms with E-state index in [1.165, 1.54) is 4.90 Å². The molecule has 1 atom stereocenters. The zero-order valence-corrected chi connectivity index (χ0v) is 17.4. The average molecular weight is 383 g/mol. The molecule has 0 spiro atoms. The molecule has 28 heavy (non-hydrogen) atoms. The second-order valence-electron chi connectivity index (χ2n) is 7.87. The molecular formula is C22H30N4O2. The van der Waals surface area contributed by atoms with E-state index in [9.17, 15) is 9.59 Å². The van der Waals surface area contributed by atoms with Crippen LogP contribution in [0.4, 0.5) is 4.79 Å². The van der Waals surface area contributed by atoms with E-state index in [1.807, 2.05) is 36.9 Å². The third kappa shape index (κ3) is 3.77. The molecular weight excluding hydrogens is 352 g/mol. The van der Waals surface area contributed by atoms with E-state index >= 15 is 0 Å². The van der Waals surface area contributed by atoms with Gasteiger partial charge < -0.3 is 19.3 Å². The fourth-order valence-corrected chi connectivity index (χ4v) is 3.84. The van der Waals surface area contributed by atoms with Crippen LogP contribution in [-0.2, 0) is 11.3 Å². The SMILES string of the molecule is Cc1ccccc1C1c2cccn2CCN1C(=O)CN(C(=O)N(C)C)C(C)C. The van der Waals surface area contributed by atoms with E-state index in [0.29, 0.717) is 6.54 Å². The van der Waals surface area contributed by atoms with E-state index in [4.69, 9.17) is 0 Å². The van der Waals surface area contributed by atoms with Crippen molar-refractivity contribution in [2.24, 2.45) is 0 Å². The first-order valence-corrected chi connectivity index (χ1v) is 9.79. The van der Waals surface area contributed by atoms with Crippen LogP contribution in [0.1, 0.15) is 36.7 Å². The Kier molecular flexibility index (Phi) is 5.77. The van der Waals surface area contributed by atoms with Gasteiger partial charge in [0.15, 0.2) is 0 Å². The molecule has 6 heteroatoms. The third-order valence-electron chi connectivity index (χ3n) is 5.40. The molecule has 2 aromatic rings. The summed E-state index contributed by atoms with van der Waals surface area (Å²) in [5.41, 5.74) is 3.40. The fourth-order valence-electron chi connectivity index (χ4n) is 3.84. The number of amides is 3. The van der Waals surface area contributed by atoms with Gasteiger partial charge in [0.2, 0.25) is 5.91 Å². The molecule has 150 valence electrons. The summed E-state index contributed by atoms with van der Waals surface area (Å²) in [5.74, 6) is -0.0235. The lowest BCUT2D eigenvalue weighted by Gasteiger charge is -2.39. The van der Waals surface area contributed by atoms with Gasteiger partial charge in [0.05, 0.1) is 6.04 Å². The van der Waals surface area contributed by atoms with Crippen molar-refractivity contribution < 1.29 is 9.59 Å². The smallest absolute Gasteiger partial charge is 0.320 e. The van der Waals surface area contributed by atoms with Crippen LogP contribution in [0, 0.1) is 6.92 Å². The number of rotatable bonds is 4. The van der Waals surface area contributed by atoms with Crippen molar-refractivity contribution in [1.82, 2.24) is 19.3 Å². The van der Waals surface area contributed by atoms with Crippen LogP contribution < -0.4 is 0 Å². The number of hydrogen-bond donors (Lipinski definition) is 0. The summed E-state index contributed by atoms with van der Waals surface area (Å²) < 4.78 is 2.21. The summed E-state index contributed by atoms with van der Waals surface area (Å²) in [6.07, 6.45) is 2.07. The molecule has 3 amide bonds. The van der Waals surface area contributed by atoms with E-state index in [-0.39, 0.29) is 30.6 Å². The highest BCUT2D eigenvalue weighted by atomic mass is 16.2. The molecule has 1 aliphatic heterocycles. The van der Waals surface area contributed by atoms with Crippen LogP contribution in [0.25, 0.3) is 0 Å². The van der Waals surface area contributed by atoms with Crippen LogP contribution in [0.5, 0.6) is 0 Å². The molecule has 1 aliphatic rings. The van der Waals surface area contributed by atoms with Gasteiger partial charge in [-0.2, -0.15) is 0 Å². The number of hydrogen-bond acceptors (Lipinski definition) is 2. The number of fused-ring (bicyclic) bond motifs is 1. The Balaban J connectivity index is 1.94. The number of aromatic nitrogens is 1. The predicted octanol–water partition coefficient (Wildman–Crippen LogP) is 3.12. The number of urea groups is 1. The summed E-state index contributed by atoms with van der Waals surface area (Å²) in [6, 6.07) is 12.0. The molecule has 1 aromatic heterocycles. The van der Waals surface area contributed by atoms with Crippen molar-refractivity contribution in [3.63, 3.8) is 0 Å². The number of carbonyl (C=O) groups excluding carboxylic acids is 2. The van der Waals surface area contributed by atoms with Crippen molar-refractivity contribution in [3.8, 4) is 0 Å². The van der Waals surface area contributed by atoms with Crippen molar-refractivity contribution in [2.45, 2.75) is 39.4 Å². The Labute approximate surface area is 167 Å². The van der Waals surface area contributed by atoms with Crippen molar-refractivity contribution in [1.29, 1.82) is 0 Å². The first-order chi connectivity index (χ1) is 13.3. The predicted molar refractivity (Wildman–Crippen MR) is 110 cm³/mol. The first-order valence-electron chi connectivity index (χ1n) is 9.79. The van der Waals surface area contributed by atoms with Crippen LogP contribution >= 0.6 is 0 Å². The molecule has 3 rings (SSSR count). The molecule has 0 aliphatic carbocycles.